The van der Waals surface area contributed by atoms with E-state index in [1.807, 2.05) is 36.9 Å². The predicted molar refractivity (Wildman–Crippen MR) is 178 cm³/mol. The summed E-state index contributed by atoms with van der Waals surface area (Å²) in [5.74, 6) is 0.181. The first-order chi connectivity index (χ1) is 22.2. The van der Waals surface area contributed by atoms with Crippen LogP contribution in [-0.2, 0) is 6.42 Å². The van der Waals surface area contributed by atoms with Crippen LogP contribution < -0.4 is 35.5 Å². The maximum atomic E-state index is 15.2. The van der Waals surface area contributed by atoms with E-state index in [1.165, 1.54) is 26.5 Å². The highest BCUT2D eigenvalue weighted by Gasteiger charge is 2.23. The van der Waals surface area contributed by atoms with Gasteiger partial charge in [0.1, 0.15) is 11.4 Å². The Balaban J connectivity index is 1.50. The number of para-hydroxylation sites is 1. The van der Waals surface area contributed by atoms with Crippen LogP contribution in [0.25, 0.3) is 0 Å². The molecule has 11 nitrogen and oxygen atoms in total. The third kappa shape index (κ3) is 7.30. The quantitative estimate of drug-likeness (QED) is 0.201. The van der Waals surface area contributed by atoms with Crippen molar-refractivity contribution in [3.05, 3.63) is 82.8 Å². The van der Waals surface area contributed by atoms with Gasteiger partial charge in [0, 0.05) is 43.8 Å². The van der Waals surface area contributed by atoms with E-state index in [2.05, 4.69) is 32.5 Å². The Morgan fingerprint density at radius 2 is 1.67 bits per heavy atom. The summed E-state index contributed by atoms with van der Waals surface area (Å²) in [6.07, 6.45) is 1.96. The van der Waals surface area contributed by atoms with Gasteiger partial charge >= 0.3 is 0 Å². The van der Waals surface area contributed by atoms with Crippen LogP contribution in [0, 0.1) is 19.7 Å². The van der Waals surface area contributed by atoms with E-state index < -0.39 is 5.91 Å². The van der Waals surface area contributed by atoms with Crippen molar-refractivity contribution in [2.75, 3.05) is 69.5 Å². The van der Waals surface area contributed by atoms with Gasteiger partial charge in [0.15, 0.2) is 11.5 Å². The second-order valence-corrected chi connectivity index (χ2v) is 11.2. The number of carbonyl (C=O) groups excluding carboxylic acids is 1. The Morgan fingerprint density at radius 1 is 1.00 bits per heavy atom. The number of carbonyl (C=O) groups is 1. The Hall–Kier alpha value is -4.94. The second-order valence-electron chi connectivity index (χ2n) is 11.2. The number of nitrogens with zero attached hydrogens (tertiary/aromatic N) is 4. The molecule has 3 aromatic carbocycles. The molecule has 5 rings (SSSR count). The van der Waals surface area contributed by atoms with Gasteiger partial charge in [-0.1, -0.05) is 18.2 Å². The fourth-order valence-electron chi connectivity index (χ4n) is 5.31. The lowest BCUT2D eigenvalue weighted by Gasteiger charge is -2.34. The van der Waals surface area contributed by atoms with Crippen LogP contribution in [0.1, 0.15) is 27.0 Å². The number of likely N-dealkylation sites (N-methyl/N-ethyl adjacent to an activating group) is 1. The highest BCUT2D eigenvalue weighted by molar-refractivity contribution is 6.06. The largest absolute Gasteiger partial charge is 0.493 e. The minimum atomic E-state index is -0.473. The highest BCUT2D eigenvalue weighted by Crippen LogP contribution is 2.42. The van der Waals surface area contributed by atoms with Gasteiger partial charge in [0.05, 0.1) is 19.9 Å². The van der Waals surface area contributed by atoms with Gasteiger partial charge in [0.25, 0.3) is 5.91 Å². The van der Waals surface area contributed by atoms with Crippen LogP contribution in [0.5, 0.6) is 23.1 Å². The molecule has 4 aromatic rings. The molecule has 1 fully saturated rings. The smallest absolute Gasteiger partial charge is 0.262 e. The summed E-state index contributed by atoms with van der Waals surface area (Å²) in [5.41, 5.74) is 10.2. The SMILES string of the molecule is COc1cc(CCN)cc(OC)c1Oc1nc(Nc2ccc(N3CCN(C)CC3)c(F)c2)ncc1C(=O)Nc1c(C)cccc1C. The number of rotatable bonds is 11. The van der Waals surface area contributed by atoms with Crippen molar-refractivity contribution in [2.45, 2.75) is 20.3 Å². The molecular formula is C34H40FN7O4. The van der Waals surface area contributed by atoms with Gasteiger partial charge in [-0.3, -0.25) is 4.79 Å². The molecule has 0 unspecified atom stereocenters. The second kappa shape index (κ2) is 14.4. The fraction of sp³-hybridized carbons (Fsp3) is 0.324. The first kappa shape index (κ1) is 32.5. The number of amides is 1. The van der Waals surface area contributed by atoms with E-state index in [1.54, 1.807) is 24.3 Å². The van der Waals surface area contributed by atoms with Crippen LogP contribution in [0.3, 0.4) is 0 Å². The average molecular weight is 630 g/mol. The molecule has 0 radical (unpaired) electrons. The number of aryl methyl sites for hydroxylation is 2. The Bertz CT molecular complexity index is 1660. The Morgan fingerprint density at radius 3 is 2.28 bits per heavy atom. The molecule has 4 N–H and O–H groups in total. The first-order valence-electron chi connectivity index (χ1n) is 15.1. The minimum Gasteiger partial charge on any atom is -0.493 e. The minimum absolute atomic E-state index is 0.0565. The van der Waals surface area contributed by atoms with E-state index >= 15 is 4.39 Å². The average Bonchev–Trinajstić information content (AvgIpc) is 3.04. The van der Waals surface area contributed by atoms with Crippen LogP contribution in [0.2, 0.25) is 0 Å². The summed E-state index contributed by atoms with van der Waals surface area (Å²) in [6, 6.07) is 14.3. The van der Waals surface area contributed by atoms with Crippen LogP contribution in [-0.4, -0.2) is 74.8 Å². The molecule has 0 spiro atoms. The zero-order chi connectivity index (χ0) is 32.8. The summed E-state index contributed by atoms with van der Waals surface area (Å²) < 4.78 is 32.8. The van der Waals surface area contributed by atoms with Gasteiger partial charge in [-0.2, -0.15) is 4.98 Å². The number of aromatic nitrogens is 2. The molecule has 1 amide bonds. The molecule has 0 aliphatic carbocycles. The van der Waals surface area contributed by atoms with Gasteiger partial charge in [-0.25, -0.2) is 9.37 Å². The number of methoxy groups -OCH3 is 2. The number of halogens is 1. The number of piperazine rings is 1. The highest BCUT2D eigenvalue weighted by atomic mass is 19.1. The number of nitrogens with two attached hydrogens (primary N) is 1. The summed E-state index contributed by atoms with van der Waals surface area (Å²) in [7, 11) is 5.08. The number of hydrogen-bond donors (Lipinski definition) is 3. The van der Waals surface area contributed by atoms with E-state index in [0.717, 1.165) is 42.9 Å². The molecule has 0 saturated carbocycles. The lowest BCUT2D eigenvalue weighted by molar-refractivity contribution is 0.102. The van der Waals surface area contributed by atoms with Crippen molar-refractivity contribution in [3.63, 3.8) is 0 Å². The molecule has 46 heavy (non-hydrogen) atoms. The van der Waals surface area contributed by atoms with Gasteiger partial charge in [0.2, 0.25) is 17.6 Å². The molecule has 1 aliphatic heterocycles. The topological polar surface area (TPSA) is 127 Å². The van der Waals surface area contributed by atoms with Crippen LogP contribution in [0.15, 0.2) is 54.7 Å². The standard InChI is InChI=1S/C34H40FN7O4/c1-21-7-6-8-22(2)30(21)39-32(43)25-20-37-34(38-24-9-10-27(26(35)19-24)42-15-13-41(3)14-16-42)40-33(25)46-31-28(44-4)17-23(11-12-36)18-29(31)45-5/h6-10,17-20H,11-16,36H2,1-5H3,(H,39,43)(H,37,38,40). The van der Waals surface area contributed by atoms with Gasteiger partial charge in [-0.15, -0.1) is 0 Å². The molecule has 0 atom stereocenters. The van der Waals surface area contributed by atoms with Crippen molar-refractivity contribution in [1.82, 2.24) is 14.9 Å². The number of benzene rings is 3. The molecule has 0 bridgehead atoms. The van der Waals surface area contributed by atoms with Crippen molar-refractivity contribution >= 4 is 28.9 Å². The van der Waals surface area contributed by atoms with Crippen molar-refractivity contribution < 1.29 is 23.4 Å². The Labute approximate surface area is 268 Å². The van der Waals surface area contributed by atoms with E-state index in [0.29, 0.717) is 41.5 Å². The van der Waals surface area contributed by atoms with Crippen LogP contribution in [0.4, 0.5) is 27.4 Å². The molecule has 242 valence electrons. The van der Waals surface area contributed by atoms with Crippen molar-refractivity contribution in [3.8, 4) is 23.1 Å². The number of anilines is 4. The number of hydrogen-bond acceptors (Lipinski definition) is 10. The van der Waals surface area contributed by atoms with Crippen LogP contribution >= 0.6 is 0 Å². The lowest BCUT2D eigenvalue weighted by Crippen LogP contribution is -2.44. The maximum Gasteiger partial charge on any atom is 0.262 e. The third-order valence-corrected chi connectivity index (χ3v) is 7.92. The molecule has 1 aliphatic rings. The zero-order valence-corrected chi connectivity index (χ0v) is 26.8. The summed E-state index contributed by atoms with van der Waals surface area (Å²) in [4.78, 5) is 26.9. The summed E-state index contributed by atoms with van der Waals surface area (Å²) in [6.45, 7) is 7.49. The number of nitrogens with one attached hydrogen (secondary N) is 2. The molecule has 1 aromatic heterocycles. The fourth-order valence-corrected chi connectivity index (χ4v) is 5.31. The van der Waals surface area contributed by atoms with E-state index in [9.17, 15) is 4.79 Å². The summed E-state index contributed by atoms with van der Waals surface area (Å²) in [5, 5.41) is 6.02. The zero-order valence-electron chi connectivity index (χ0n) is 26.8. The summed E-state index contributed by atoms with van der Waals surface area (Å²) >= 11 is 0. The monoisotopic (exact) mass is 629 g/mol. The Kier molecular flexibility index (Phi) is 10.2. The molecule has 12 heteroatoms. The number of ether oxygens (including phenoxy) is 3. The third-order valence-electron chi connectivity index (χ3n) is 7.92. The molecule has 2 heterocycles. The van der Waals surface area contributed by atoms with Gasteiger partial charge in [-0.05, 0) is 80.9 Å². The normalized spacial score (nSPS) is 13.3. The molecular weight excluding hydrogens is 589 g/mol. The first-order valence-corrected chi connectivity index (χ1v) is 15.1. The van der Waals surface area contributed by atoms with Crippen molar-refractivity contribution in [1.29, 1.82) is 0 Å². The molecule has 1 saturated heterocycles. The maximum absolute atomic E-state index is 15.2. The van der Waals surface area contributed by atoms with Gasteiger partial charge < -0.3 is 40.4 Å². The lowest BCUT2D eigenvalue weighted by atomic mass is 10.1. The van der Waals surface area contributed by atoms with E-state index in [-0.39, 0.29) is 29.0 Å². The van der Waals surface area contributed by atoms with Crippen molar-refractivity contribution in [2.24, 2.45) is 5.73 Å². The predicted octanol–water partition coefficient (Wildman–Crippen LogP) is 5.29. The van der Waals surface area contributed by atoms with E-state index in [4.69, 9.17) is 19.9 Å².